The van der Waals surface area contributed by atoms with Gasteiger partial charge in [0, 0.05) is 18.3 Å². The van der Waals surface area contributed by atoms with Gasteiger partial charge in [-0.25, -0.2) is 0 Å². The third-order valence-electron chi connectivity index (χ3n) is 4.18. The lowest BCUT2D eigenvalue weighted by Gasteiger charge is -2.11. The van der Waals surface area contributed by atoms with Crippen LogP contribution in [0.1, 0.15) is 31.7 Å². The van der Waals surface area contributed by atoms with Gasteiger partial charge in [-0.3, -0.25) is 0 Å². The summed E-state index contributed by atoms with van der Waals surface area (Å²) in [6, 6.07) is 8.79. The average molecular weight is 242 g/mol. The van der Waals surface area contributed by atoms with Crippen LogP contribution in [0.15, 0.2) is 30.5 Å². The molecular formula is C16H22N2. The van der Waals surface area contributed by atoms with Crippen molar-refractivity contribution in [2.75, 3.05) is 6.54 Å². The first-order chi connectivity index (χ1) is 8.81. The number of rotatable bonds is 4. The highest BCUT2D eigenvalue weighted by atomic mass is 14.9. The van der Waals surface area contributed by atoms with Crippen LogP contribution < -0.4 is 5.32 Å². The van der Waals surface area contributed by atoms with Crippen LogP contribution in [0, 0.1) is 11.8 Å². The molecule has 1 aromatic carbocycles. The van der Waals surface area contributed by atoms with Crippen molar-refractivity contribution in [1.29, 1.82) is 0 Å². The van der Waals surface area contributed by atoms with Crippen LogP contribution in [0.5, 0.6) is 0 Å². The summed E-state index contributed by atoms with van der Waals surface area (Å²) in [5, 5.41) is 4.92. The molecule has 0 bridgehead atoms. The van der Waals surface area contributed by atoms with Gasteiger partial charge in [0.05, 0.1) is 0 Å². The van der Waals surface area contributed by atoms with Crippen molar-refractivity contribution in [2.45, 2.75) is 32.7 Å². The van der Waals surface area contributed by atoms with E-state index in [0.29, 0.717) is 0 Å². The molecule has 96 valence electrons. The summed E-state index contributed by atoms with van der Waals surface area (Å²) >= 11 is 0. The maximum atomic E-state index is 3.61. The molecule has 2 heteroatoms. The zero-order valence-corrected chi connectivity index (χ0v) is 11.1. The summed E-state index contributed by atoms with van der Waals surface area (Å²) in [6.07, 6.45) is 6.23. The first-order valence-corrected chi connectivity index (χ1v) is 7.08. The van der Waals surface area contributed by atoms with Crippen LogP contribution >= 0.6 is 0 Å². The van der Waals surface area contributed by atoms with Crippen LogP contribution in [0.2, 0.25) is 0 Å². The Balaban J connectivity index is 1.53. The first kappa shape index (κ1) is 11.8. The fourth-order valence-electron chi connectivity index (χ4n) is 3.14. The molecule has 2 N–H and O–H groups in total. The van der Waals surface area contributed by atoms with Crippen molar-refractivity contribution in [3.8, 4) is 0 Å². The molecule has 0 aliphatic heterocycles. The standard InChI is InChI=1S/C16H22N2/c1-12-2-3-13(8-12)10-17-11-14-4-5-16-15(9-14)6-7-18-16/h4-7,9,12-13,17-18H,2-3,8,10-11H2,1H3. The fraction of sp³-hybridized carbons (Fsp3) is 0.500. The number of fused-ring (bicyclic) bond motifs is 1. The van der Waals surface area contributed by atoms with Crippen molar-refractivity contribution in [3.63, 3.8) is 0 Å². The minimum Gasteiger partial charge on any atom is -0.361 e. The minimum atomic E-state index is 0.899. The van der Waals surface area contributed by atoms with Crippen molar-refractivity contribution in [2.24, 2.45) is 11.8 Å². The number of benzene rings is 1. The molecule has 1 heterocycles. The van der Waals surface area contributed by atoms with E-state index in [2.05, 4.69) is 41.5 Å². The topological polar surface area (TPSA) is 27.8 Å². The first-order valence-electron chi connectivity index (χ1n) is 7.08. The highest BCUT2D eigenvalue weighted by molar-refractivity contribution is 5.79. The second-order valence-electron chi connectivity index (χ2n) is 5.81. The summed E-state index contributed by atoms with van der Waals surface area (Å²) in [6.45, 7) is 4.54. The summed E-state index contributed by atoms with van der Waals surface area (Å²) in [7, 11) is 0. The van der Waals surface area contributed by atoms with Crippen molar-refractivity contribution < 1.29 is 0 Å². The molecule has 0 saturated heterocycles. The van der Waals surface area contributed by atoms with Gasteiger partial charge in [0.1, 0.15) is 0 Å². The van der Waals surface area contributed by atoms with E-state index in [4.69, 9.17) is 0 Å². The molecule has 1 aliphatic carbocycles. The molecule has 2 atom stereocenters. The van der Waals surface area contributed by atoms with E-state index in [1.165, 1.54) is 42.3 Å². The molecule has 1 saturated carbocycles. The maximum Gasteiger partial charge on any atom is 0.0454 e. The molecule has 1 aromatic heterocycles. The number of nitrogens with one attached hydrogen (secondary N) is 2. The number of H-pyrrole nitrogens is 1. The molecule has 2 unspecified atom stereocenters. The molecule has 2 nitrogen and oxygen atoms in total. The summed E-state index contributed by atoms with van der Waals surface area (Å²) in [5.41, 5.74) is 2.61. The molecule has 3 rings (SSSR count). The third kappa shape index (κ3) is 2.59. The largest absolute Gasteiger partial charge is 0.361 e. The third-order valence-corrected chi connectivity index (χ3v) is 4.18. The van der Waals surface area contributed by atoms with E-state index in [1.54, 1.807) is 0 Å². The molecule has 2 aromatic rings. The Morgan fingerprint density at radius 1 is 1.28 bits per heavy atom. The molecule has 0 amide bonds. The number of hydrogen-bond acceptors (Lipinski definition) is 1. The number of hydrogen-bond donors (Lipinski definition) is 2. The molecule has 1 fully saturated rings. The molecule has 1 aliphatic rings. The Bertz CT molecular complexity index is 515. The number of aromatic amines is 1. The van der Waals surface area contributed by atoms with Crippen LogP contribution in [-0.4, -0.2) is 11.5 Å². The Labute approximate surface area is 109 Å². The zero-order chi connectivity index (χ0) is 12.4. The highest BCUT2D eigenvalue weighted by Crippen LogP contribution is 2.29. The van der Waals surface area contributed by atoms with Gasteiger partial charge in [-0.05, 0) is 60.4 Å². The van der Waals surface area contributed by atoms with E-state index in [9.17, 15) is 0 Å². The SMILES string of the molecule is CC1CCC(CNCc2ccc3[nH]ccc3c2)C1. The van der Waals surface area contributed by atoms with Crippen LogP contribution in [0.4, 0.5) is 0 Å². The Kier molecular flexibility index (Phi) is 3.37. The van der Waals surface area contributed by atoms with Gasteiger partial charge in [-0.15, -0.1) is 0 Å². The second kappa shape index (κ2) is 5.15. The van der Waals surface area contributed by atoms with E-state index in [1.807, 2.05) is 6.20 Å². The summed E-state index contributed by atoms with van der Waals surface area (Å²) in [5.74, 6) is 1.84. The Hall–Kier alpha value is -1.28. The van der Waals surface area contributed by atoms with Crippen LogP contribution in [0.25, 0.3) is 10.9 Å². The number of aromatic nitrogens is 1. The second-order valence-corrected chi connectivity index (χ2v) is 5.81. The predicted molar refractivity (Wildman–Crippen MR) is 76.5 cm³/mol. The minimum absolute atomic E-state index is 0.899. The molecule has 0 radical (unpaired) electrons. The van der Waals surface area contributed by atoms with E-state index in [-0.39, 0.29) is 0 Å². The summed E-state index contributed by atoms with van der Waals surface area (Å²) < 4.78 is 0. The zero-order valence-electron chi connectivity index (χ0n) is 11.1. The lowest BCUT2D eigenvalue weighted by atomic mass is 10.1. The Morgan fingerprint density at radius 3 is 3.06 bits per heavy atom. The van der Waals surface area contributed by atoms with Gasteiger partial charge in [0.15, 0.2) is 0 Å². The molecule has 0 spiro atoms. The summed E-state index contributed by atoms with van der Waals surface area (Å²) in [4.78, 5) is 3.23. The molecule has 18 heavy (non-hydrogen) atoms. The van der Waals surface area contributed by atoms with E-state index >= 15 is 0 Å². The lowest BCUT2D eigenvalue weighted by molar-refractivity contribution is 0.471. The Morgan fingerprint density at radius 2 is 2.22 bits per heavy atom. The maximum absolute atomic E-state index is 3.61. The van der Waals surface area contributed by atoms with Gasteiger partial charge in [0.2, 0.25) is 0 Å². The average Bonchev–Trinajstić information content (AvgIpc) is 2.97. The van der Waals surface area contributed by atoms with Crippen molar-refractivity contribution in [1.82, 2.24) is 10.3 Å². The van der Waals surface area contributed by atoms with Crippen LogP contribution in [0.3, 0.4) is 0 Å². The van der Waals surface area contributed by atoms with Gasteiger partial charge in [-0.1, -0.05) is 19.4 Å². The van der Waals surface area contributed by atoms with E-state index in [0.717, 1.165) is 18.4 Å². The quantitative estimate of drug-likeness (QED) is 0.840. The fourth-order valence-corrected chi connectivity index (χ4v) is 3.14. The smallest absolute Gasteiger partial charge is 0.0454 e. The monoisotopic (exact) mass is 242 g/mol. The normalized spacial score (nSPS) is 23.8. The lowest BCUT2D eigenvalue weighted by Crippen LogP contribution is -2.20. The van der Waals surface area contributed by atoms with Crippen molar-refractivity contribution in [3.05, 3.63) is 36.0 Å². The van der Waals surface area contributed by atoms with Crippen LogP contribution in [-0.2, 0) is 6.54 Å². The van der Waals surface area contributed by atoms with Crippen molar-refractivity contribution >= 4 is 10.9 Å². The van der Waals surface area contributed by atoms with Gasteiger partial charge in [-0.2, -0.15) is 0 Å². The molecular weight excluding hydrogens is 220 g/mol. The van der Waals surface area contributed by atoms with Gasteiger partial charge in [0.25, 0.3) is 0 Å². The van der Waals surface area contributed by atoms with Gasteiger partial charge < -0.3 is 10.3 Å². The predicted octanol–water partition coefficient (Wildman–Crippen LogP) is 3.69. The van der Waals surface area contributed by atoms with Gasteiger partial charge >= 0.3 is 0 Å². The van der Waals surface area contributed by atoms with E-state index < -0.39 is 0 Å². The highest BCUT2D eigenvalue weighted by Gasteiger charge is 2.20.